The van der Waals surface area contributed by atoms with E-state index in [1.807, 2.05) is 0 Å². The maximum atomic E-state index is 6.33. The number of nitrogens with zero attached hydrogens (tertiary/aromatic N) is 1. The van der Waals surface area contributed by atoms with Crippen molar-refractivity contribution in [2.45, 2.75) is 40.0 Å². The molecule has 39 heavy (non-hydrogen) atoms. The first-order valence-corrected chi connectivity index (χ1v) is 14.1. The van der Waals surface area contributed by atoms with Gasteiger partial charge in [0.15, 0.2) is 0 Å². The van der Waals surface area contributed by atoms with Gasteiger partial charge in [-0.05, 0) is 77.1 Å². The molecular weight excluding hydrogens is 476 g/mol. The van der Waals surface area contributed by atoms with Crippen molar-refractivity contribution < 1.29 is 4.42 Å². The van der Waals surface area contributed by atoms with Crippen LogP contribution < -0.4 is 5.32 Å². The summed E-state index contributed by atoms with van der Waals surface area (Å²) in [5.41, 5.74) is 10.0. The predicted octanol–water partition coefficient (Wildman–Crippen LogP) is 9.47. The van der Waals surface area contributed by atoms with Gasteiger partial charge < -0.3 is 14.1 Å². The van der Waals surface area contributed by atoms with Crippen LogP contribution in [0.2, 0.25) is 0 Å². The summed E-state index contributed by atoms with van der Waals surface area (Å²) in [6, 6.07) is 24.6. The minimum absolute atomic E-state index is 0.0987. The zero-order valence-corrected chi connectivity index (χ0v) is 22.9. The van der Waals surface area contributed by atoms with Crippen molar-refractivity contribution in [3.8, 4) is 0 Å². The Hall–Kier alpha value is -4.24. The summed E-state index contributed by atoms with van der Waals surface area (Å²) in [6.45, 7) is 10.1. The molecule has 0 saturated heterocycles. The molecule has 192 valence electrons. The largest absolute Gasteiger partial charge is 0.456 e. The van der Waals surface area contributed by atoms with E-state index in [0.717, 1.165) is 24.1 Å². The number of furan rings is 1. The predicted molar refractivity (Wildman–Crippen MR) is 165 cm³/mol. The van der Waals surface area contributed by atoms with E-state index in [-0.39, 0.29) is 5.41 Å². The Morgan fingerprint density at radius 3 is 2.44 bits per heavy atom. The number of nitrogens with one attached hydrogen (secondary N) is 1. The Morgan fingerprint density at radius 1 is 0.821 bits per heavy atom. The van der Waals surface area contributed by atoms with E-state index < -0.39 is 0 Å². The first-order chi connectivity index (χ1) is 18.9. The molecule has 1 aliphatic rings. The normalized spacial score (nSPS) is 19.2. The third-order valence-electron chi connectivity index (χ3n) is 8.82. The Kier molecular flexibility index (Phi) is 4.60. The molecule has 0 aliphatic carbocycles. The average molecular weight is 509 g/mol. The number of benzene rings is 4. The van der Waals surface area contributed by atoms with Crippen molar-refractivity contribution in [3.05, 3.63) is 102 Å². The van der Waals surface area contributed by atoms with Crippen molar-refractivity contribution >= 4 is 60.0 Å². The Morgan fingerprint density at radius 2 is 1.59 bits per heavy atom. The van der Waals surface area contributed by atoms with Gasteiger partial charge in [-0.25, -0.2) is 0 Å². The Balaban J connectivity index is 1.51. The van der Waals surface area contributed by atoms with E-state index in [1.54, 1.807) is 0 Å². The number of fused-ring (bicyclic) bond motifs is 11. The van der Waals surface area contributed by atoms with Crippen LogP contribution in [-0.4, -0.2) is 10.9 Å². The highest BCUT2D eigenvalue weighted by molar-refractivity contribution is 6.30. The first-order valence-electron chi connectivity index (χ1n) is 14.1. The number of para-hydroxylation sites is 2. The van der Waals surface area contributed by atoms with Crippen LogP contribution in [0, 0.1) is 5.41 Å². The minimum atomic E-state index is 0.0987. The third kappa shape index (κ3) is 3.16. The molecule has 7 aromatic rings. The summed E-state index contributed by atoms with van der Waals surface area (Å²) >= 11 is 0. The number of allylic oxidation sites excluding steroid dienone is 3. The van der Waals surface area contributed by atoms with Gasteiger partial charge >= 0.3 is 0 Å². The second-order valence-electron chi connectivity index (χ2n) is 12.3. The summed E-state index contributed by atoms with van der Waals surface area (Å²) in [6.07, 6.45) is 7.75. The highest BCUT2D eigenvalue weighted by Gasteiger charge is 2.24. The SMILES string of the molecule is CC1CN/C=C\C(C(C)(C)C)=C/Cc2cc3c4cccc5c6ccc7oc8ccccc8c7c6n(c3cc21)c45. The van der Waals surface area contributed by atoms with Gasteiger partial charge in [-0.15, -0.1) is 0 Å². The minimum Gasteiger partial charge on any atom is -0.456 e. The molecule has 0 saturated carbocycles. The standard InChI is InChI=1S/C36H32N2O/c1-21-20-37-17-16-23(36(2,3)4)13-12-22-18-29-25-10-7-9-24-26-14-15-32-33(27-8-5-6-11-31(27)39-32)35(26)38(34(24)25)30(29)19-28(21)22/h5-11,13-19,21,37H,12,20H2,1-4H3/b17-16-,23-13+. The van der Waals surface area contributed by atoms with Crippen molar-refractivity contribution in [1.82, 2.24) is 9.72 Å². The molecular formula is C36H32N2O. The fourth-order valence-corrected chi connectivity index (χ4v) is 6.85. The fraction of sp³-hybridized carbons (Fsp3) is 0.222. The number of hydrogen-bond donors (Lipinski definition) is 1. The second kappa shape index (κ2) is 7.89. The Bertz CT molecular complexity index is 2140. The van der Waals surface area contributed by atoms with Gasteiger partial charge in [0.25, 0.3) is 0 Å². The van der Waals surface area contributed by atoms with Crippen molar-refractivity contribution in [1.29, 1.82) is 0 Å². The van der Waals surface area contributed by atoms with Crippen LogP contribution in [-0.2, 0) is 6.42 Å². The maximum Gasteiger partial charge on any atom is 0.137 e. The molecule has 0 amide bonds. The summed E-state index contributed by atoms with van der Waals surface area (Å²) in [5.74, 6) is 0.385. The zero-order chi connectivity index (χ0) is 26.5. The molecule has 1 unspecified atom stereocenters. The fourth-order valence-electron chi connectivity index (χ4n) is 6.85. The summed E-state index contributed by atoms with van der Waals surface area (Å²) < 4.78 is 8.85. The lowest BCUT2D eigenvalue weighted by molar-refractivity contribution is 0.514. The van der Waals surface area contributed by atoms with Crippen molar-refractivity contribution in [3.63, 3.8) is 0 Å². The molecule has 0 radical (unpaired) electrons. The van der Waals surface area contributed by atoms with E-state index in [9.17, 15) is 0 Å². The molecule has 3 heteroatoms. The van der Waals surface area contributed by atoms with Crippen LogP contribution >= 0.6 is 0 Å². The molecule has 0 bridgehead atoms. The van der Waals surface area contributed by atoms with E-state index in [2.05, 4.69) is 122 Å². The van der Waals surface area contributed by atoms with Crippen molar-refractivity contribution in [2.75, 3.05) is 6.54 Å². The van der Waals surface area contributed by atoms with E-state index in [0.29, 0.717) is 5.92 Å². The van der Waals surface area contributed by atoms with E-state index in [1.165, 1.54) is 65.6 Å². The molecule has 0 spiro atoms. The zero-order valence-electron chi connectivity index (χ0n) is 22.9. The molecule has 1 N–H and O–H groups in total. The van der Waals surface area contributed by atoms with Crippen LogP contribution in [0.1, 0.15) is 44.7 Å². The number of rotatable bonds is 0. The number of aromatic nitrogens is 1. The summed E-state index contributed by atoms with van der Waals surface area (Å²) in [7, 11) is 0. The van der Waals surface area contributed by atoms with Crippen LogP contribution in [0.3, 0.4) is 0 Å². The monoisotopic (exact) mass is 508 g/mol. The molecule has 4 heterocycles. The van der Waals surface area contributed by atoms with Gasteiger partial charge in [0.2, 0.25) is 0 Å². The molecule has 1 aliphatic heterocycles. The van der Waals surface area contributed by atoms with Crippen molar-refractivity contribution in [2.24, 2.45) is 5.41 Å². The van der Waals surface area contributed by atoms with Crippen LogP contribution in [0.15, 0.2) is 95.1 Å². The van der Waals surface area contributed by atoms with Gasteiger partial charge in [-0.3, -0.25) is 0 Å². The molecule has 3 aromatic heterocycles. The molecule has 3 nitrogen and oxygen atoms in total. The highest BCUT2D eigenvalue weighted by Crippen LogP contribution is 2.45. The van der Waals surface area contributed by atoms with Gasteiger partial charge in [0.05, 0.1) is 21.9 Å². The lowest BCUT2D eigenvalue weighted by Gasteiger charge is -2.23. The van der Waals surface area contributed by atoms with Crippen LogP contribution in [0.5, 0.6) is 0 Å². The van der Waals surface area contributed by atoms with Crippen LogP contribution in [0.25, 0.3) is 60.0 Å². The summed E-state index contributed by atoms with van der Waals surface area (Å²) in [5, 5.41) is 11.2. The lowest BCUT2D eigenvalue weighted by Crippen LogP contribution is -2.17. The summed E-state index contributed by atoms with van der Waals surface area (Å²) in [4.78, 5) is 0. The lowest BCUT2D eigenvalue weighted by atomic mass is 9.84. The molecule has 8 rings (SSSR count). The van der Waals surface area contributed by atoms with E-state index >= 15 is 0 Å². The average Bonchev–Trinajstić information content (AvgIpc) is 3.57. The van der Waals surface area contributed by atoms with Gasteiger partial charge in [-0.2, -0.15) is 0 Å². The van der Waals surface area contributed by atoms with E-state index in [4.69, 9.17) is 4.42 Å². The van der Waals surface area contributed by atoms with Crippen LogP contribution in [0.4, 0.5) is 0 Å². The molecule has 4 aromatic carbocycles. The second-order valence-corrected chi connectivity index (χ2v) is 12.3. The first kappa shape index (κ1) is 22.7. The molecule has 0 fully saturated rings. The topological polar surface area (TPSA) is 29.6 Å². The quantitative estimate of drug-likeness (QED) is 0.221. The Labute approximate surface area is 227 Å². The molecule has 1 atom stereocenters. The smallest absolute Gasteiger partial charge is 0.137 e. The van der Waals surface area contributed by atoms with Gasteiger partial charge in [0, 0.05) is 33.5 Å². The van der Waals surface area contributed by atoms with Gasteiger partial charge in [-0.1, -0.05) is 70.2 Å². The number of hydrogen-bond acceptors (Lipinski definition) is 2. The third-order valence-corrected chi connectivity index (χ3v) is 8.82. The van der Waals surface area contributed by atoms with Gasteiger partial charge in [0.1, 0.15) is 11.2 Å². The maximum absolute atomic E-state index is 6.33. The highest BCUT2D eigenvalue weighted by atomic mass is 16.3.